The first-order valence-corrected chi connectivity index (χ1v) is 8.45. The Bertz CT molecular complexity index is 338. The fraction of sp³-hybridized carbons (Fsp3) is 1.00. The van der Waals surface area contributed by atoms with E-state index in [0.29, 0.717) is 26.2 Å². The van der Waals surface area contributed by atoms with E-state index < -0.39 is 10.1 Å². The summed E-state index contributed by atoms with van der Waals surface area (Å²) < 4.78 is 41.6. The molecule has 0 amide bonds. The van der Waals surface area contributed by atoms with Crippen LogP contribution < -0.4 is 0 Å². The van der Waals surface area contributed by atoms with Gasteiger partial charge in [-0.3, -0.25) is 4.55 Å². The first kappa shape index (κ1) is 16.8. The molecule has 1 aliphatic heterocycles. The number of quaternary nitrogens is 1. The predicted octanol–water partition coefficient (Wildman–Crippen LogP) is 0.538. The van der Waals surface area contributed by atoms with E-state index in [-0.39, 0.29) is 5.75 Å². The molecule has 0 bridgehead atoms. The standard InChI is InChI=1S/C12H25NO5S/c1-17-10-11-18-9-8-13(5-2-3-6-13)7-4-12-19(14,15)16/h2-12H2,1H3/p+1. The quantitative estimate of drug-likeness (QED) is 0.362. The van der Waals surface area contributed by atoms with Crippen molar-refractivity contribution < 1.29 is 26.9 Å². The van der Waals surface area contributed by atoms with E-state index in [1.807, 2.05) is 0 Å². The second kappa shape index (κ2) is 8.16. The van der Waals surface area contributed by atoms with Crippen molar-refractivity contribution in [2.24, 2.45) is 0 Å². The van der Waals surface area contributed by atoms with Gasteiger partial charge in [0.1, 0.15) is 6.54 Å². The summed E-state index contributed by atoms with van der Waals surface area (Å²) in [7, 11) is -2.19. The van der Waals surface area contributed by atoms with Gasteiger partial charge in [0.2, 0.25) is 0 Å². The average Bonchev–Trinajstić information content (AvgIpc) is 2.76. The van der Waals surface area contributed by atoms with Crippen LogP contribution in [0.3, 0.4) is 0 Å². The molecule has 0 saturated carbocycles. The molecule has 0 radical (unpaired) electrons. The molecule has 19 heavy (non-hydrogen) atoms. The summed E-state index contributed by atoms with van der Waals surface area (Å²) >= 11 is 0. The van der Waals surface area contributed by atoms with Gasteiger partial charge in [0.05, 0.1) is 45.2 Å². The highest BCUT2D eigenvalue weighted by molar-refractivity contribution is 7.85. The Labute approximate surface area is 116 Å². The maximum Gasteiger partial charge on any atom is 0.265 e. The molecule has 0 spiro atoms. The van der Waals surface area contributed by atoms with Gasteiger partial charge in [0.15, 0.2) is 0 Å². The Balaban J connectivity index is 2.29. The lowest BCUT2D eigenvalue weighted by atomic mass is 10.3. The summed E-state index contributed by atoms with van der Waals surface area (Å²) in [4.78, 5) is 0. The van der Waals surface area contributed by atoms with Gasteiger partial charge in [-0.2, -0.15) is 8.42 Å². The molecule has 0 unspecified atom stereocenters. The number of hydrogen-bond donors (Lipinski definition) is 1. The molecule has 0 atom stereocenters. The minimum Gasteiger partial charge on any atom is -0.382 e. The molecule has 1 saturated heterocycles. The molecule has 0 aromatic carbocycles. The predicted molar refractivity (Wildman–Crippen MR) is 72.7 cm³/mol. The first-order valence-electron chi connectivity index (χ1n) is 6.84. The van der Waals surface area contributed by atoms with E-state index in [0.717, 1.165) is 30.7 Å². The van der Waals surface area contributed by atoms with Crippen LogP contribution in [0.5, 0.6) is 0 Å². The largest absolute Gasteiger partial charge is 0.382 e. The van der Waals surface area contributed by atoms with Crippen LogP contribution in [0.1, 0.15) is 19.3 Å². The van der Waals surface area contributed by atoms with Crippen molar-refractivity contribution in [2.75, 3.05) is 58.9 Å². The lowest BCUT2D eigenvalue weighted by molar-refractivity contribution is -0.917. The summed E-state index contributed by atoms with van der Waals surface area (Å²) in [6, 6.07) is 0. The van der Waals surface area contributed by atoms with Gasteiger partial charge in [0.25, 0.3) is 10.1 Å². The number of ether oxygens (including phenoxy) is 2. The normalized spacial score (nSPS) is 18.8. The average molecular weight is 296 g/mol. The molecule has 1 N–H and O–H groups in total. The third kappa shape index (κ3) is 7.22. The first-order chi connectivity index (χ1) is 8.97. The molecule has 6 nitrogen and oxygen atoms in total. The minimum absolute atomic E-state index is 0.141. The third-order valence-corrected chi connectivity index (χ3v) is 4.50. The molecule has 1 aliphatic rings. The third-order valence-electron chi connectivity index (χ3n) is 3.69. The van der Waals surface area contributed by atoms with Gasteiger partial charge >= 0.3 is 0 Å². The number of methoxy groups -OCH3 is 1. The van der Waals surface area contributed by atoms with Crippen molar-refractivity contribution in [2.45, 2.75) is 19.3 Å². The van der Waals surface area contributed by atoms with Gasteiger partial charge in [0, 0.05) is 26.4 Å². The Morgan fingerprint density at radius 3 is 2.37 bits per heavy atom. The zero-order chi connectivity index (χ0) is 14.2. The van der Waals surface area contributed by atoms with Crippen LogP contribution in [0.25, 0.3) is 0 Å². The fourth-order valence-electron chi connectivity index (χ4n) is 2.65. The second-order valence-electron chi connectivity index (χ2n) is 5.19. The highest BCUT2D eigenvalue weighted by Gasteiger charge is 2.31. The number of rotatable bonds is 10. The number of nitrogens with zero attached hydrogens (tertiary/aromatic N) is 1. The van der Waals surface area contributed by atoms with Gasteiger partial charge in [-0.15, -0.1) is 0 Å². The summed E-state index contributed by atoms with van der Waals surface area (Å²) in [6.45, 7) is 5.75. The SMILES string of the molecule is COCCOCC[N+]1(CCCS(=O)(=O)O)CCCC1. The van der Waals surface area contributed by atoms with Crippen LogP contribution in [-0.2, 0) is 19.6 Å². The minimum atomic E-state index is -3.83. The topological polar surface area (TPSA) is 72.8 Å². The monoisotopic (exact) mass is 296 g/mol. The Morgan fingerprint density at radius 2 is 1.79 bits per heavy atom. The molecule has 0 aliphatic carbocycles. The zero-order valence-electron chi connectivity index (χ0n) is 11.7. The van der Waals surface area contributed by atoms with E-state index in [1.165, 1.54) is 12.8 Å². The van der Waals surface area contributed by atoms with E-state index in [1.54, 1.807) is 7.11 Å². The van der Waals surface area contributed by atoms with Crippen molar-refractivity contribution in [3.8, 4) is 0 Å². The van der Waals surface area contributed by atoms with Crippen LogP contribution >= 0.6 is 0 Å². The Hall–Kier alpha value is -0.210. The van der Waals surface area contributed by atoms with E-state index in [9.17, 15) is 8.42 Å². The number of likely N-dealkylation sites (tertiary alicyclic amines) is 1. The molecule has 114 valence electrons. The summed E-state index contributed by atoms with van der Waals surface area (Å²) in [5.41, 5.74) is 0. The molecular formula is C12H26NO5S+. The van der Waals surface area contributed by atoms with Crippen LogP contribution in [0.2, 0.25) is 0 Å². The van der Waals surface area contributed by atoms with E-state index in [4.69, 9.17) is 14.0 Å². The van der Waals surface area contributed by atoms with Crippen molar-refractivity contribution >= 4 is 10.1 Å². The van der Waals surface area contributed by atoms with Gasteiger partial charge in [-0.25, -0.2) is 0 Å². The highest BCUT2D eigenvalue weighted by Crippen LogP contribution is 2.20. The molecule has 1 heterocycles. The molecule has 7 heteroatoms. The van der Waals surface area contributed by atoms with Crippen LogP contribution in [0.15, 0.2) is 0 Å². The molecular weight excluding hydrogens is 270 g/mol. The van der Waals surface area contributed by atoms with Crippen molar-refractivity contribution in [1.29, 1.82) is 0 Å². The fourth-order valence-corrected chi connectivity index (χ4v) is 3.14. The summed E-state index contributed by atoms with van der Waals surface area (Å²) in [6.07, 6.45) is 2.88. The van der Waals surface area contributed by atoms with Crippen molar-refractivity contribution in [3.05, 3.63) is 0 Å². The van der Waals surface area contributed by atoms with Gasteiger partial charge in [-0.1, -0.05) is 0 Å². The molecule has 0 aromatic heterocycles. The number of hydrogen-bond acceptors (Lipinski definition) is 4. The lowest BCUT2D eigenvalue weighted by Crippen LogP contribution is -2.48. The summed E-state index contributed by atoms with van der Waals surface area (Å²) in [5.74, 6) is -0.141. The van der Waals surface area contributed by atoms with Crippen molar-refractivity contribution in [1.82, 2.24) is 0 Å². The van der Waals surface area contributed by atoms with Crippen LogP contribution in [-0.4, -0.2) is 76.3 Å². The van der Waals surface area contributed by atoms with E-state index in [2.05, 4.69) is 0 Å². The maximum absolute atomic E-state index is 10.8. The van der Waals surface area contributed by atoms with Gasteiger partial charge < -0.3 is 14.0 Å². The van der Waals surface area contributed by atoms with Crippen molar-refractivity contribution in [3.63, 3.8) is 0 Å². The van der Waals surface area contributed by atoms with Crippen LogP contribution in [0, 0.1) is 0 Å². The second-order valence-corrected chi connectivity index (χ2v) is 6.76. The highest BCUT2D eigenvalue weighted by atomic mass is 32.2. The summed E-state index contributed by atoms with van der Waals surface area (Å²) in [5, 5.41) is 0. The zero-order valence-corrected chi connectivity index (χ0v) is 12.5. The Kier molecular flexibility index (Phi) is 7.23. The smallest absolute Gasteiger partial charge is 0.265 e. The molecule has 0 aromatic rings. The maximum atomic E-state index is 10.8. The lowest BCUT2D eigenvalue weighted by Gasteiger charge is -2.34. The van der Waals surface area contributed by atoms with Crippen LogP contribution in [0.4, 0.5) is 0 Å². The van der Waals surface area contributed by atoms with Gasteiger partial charge in [-0.05, 0) is 0 Å². The molecule has 1 fully saturated rings. The molecule has 1 rings (SSSR count). The Morgan fingerprint density at radius 1 is 1.11 bits per heavy atom. The van der Waals surface area contributed by atoms with E-state index >= 15 is 0 Å².